The molecule has 1 amide bonds. The normalized spacial score (nSPS) is 11.2. The van der Waals surface area contributed by atoms with Gasteiger partial charge in [-0.15, -0.1) is 0 Å². The van der Waals surface area contributed by atoms with Crippen molar-refractivity contribution >= 4 is 33.2 Å². The first-order chi connectivity index (χ1) is 13.8. The molecule has 3 rings (SSSR count). The molecule has 10 heteroatoms. The Balaban J connectivity index is 1.62. The summed E-state index contributed by atoms with van der Waals surface area (Å²) in [5, 5.41) is 6.73. The van der Waals surface area contributed by atoms with E-state index in [0.29, 0.717) is 31.1 Å². The van der Waals surface area contributed by atoms with Crippen LogP contribution >= 0.6 is 11.6 Å². The zero-order valence-electron chi connectivity index (χ0n) is 15.6. The third kappa shape index (κ3) is 5.55. The Hall–Kier alpha value is -2.91. The maximum absolute atomic E-state index is 12.6. The number of carbonyl (C=O) groups is 1. The number of hydrogen-bond donors (Lipinski definition) is 2. The molecule has 2 N–H and O–H groups in total. The number of anilines is 1. The van der Waals surface area contributed by atoms with Gasteiger partial charge in [-0.3, -0.25) is 9.52 Å². The third-order valence-corrected chi connectivity index (χ3v) is 5.64. The second-order valence-electron chi connectivity index (χ2n) is 6.21. The van der Waals surface area contributed by atoms with E-state index in [0.717, 1.165) is 0 Å². The number of halogens is 1. The maximum atomic E-state index is 12.6. The first-order valence-corrected chi connectivity index (χ1v) is 10.7. The quantitative estimate of drug-likeness (QED) is 0.526. The van der Waals surface area contributed by atoms with Crippen LogP contribution in [0.1, 0.15) is 28.5 Å². The fourth-order valence-electron chi connectivity index (χ4n) is 2.54. The van der Waals surface area contributed by atoms with E-state index in [2.05, 4.69) is 20.2 Å². The number of amides is 1. The Bertz CT molecular complexity index is 1110. The summed E-state index contributed by atoms with van der Waals surface area (Å²) in [6, 6.07) is 12.3. The molecule has 152 valence electrons. The first-order valence-electron chi connectivity index (χ1n) is 8.80. The molecule has 0 aliphatic heterocycles. The molecule has 29 heavy (non-hydrogen) atoms. The highest BCUT2D eigenvalue weighted by Crippen LogP contribution is 2.24. The van der Waals surface area contributed by atoms with Crippen LogP contribution in [-0.4, -0.2) is 31.0 Å². The van der Waals surface area contributed by atoms with Crippen LogP contribution in [0.15, 0.2) is 57.9 Å². The fourth-order valence-corrected chi connectivity index (χ4v) is 3.90. The Morgan fingerprint density at radius 3 is 2.69 bits per heavy atom. The van der Waals surface area contributed by atoms with E-state index in [1.54, 1.807) is 37.3 Å². The van der Waals surface area contributed by atoms with E-state index < -0.39 is 10.0 Å². The van der Waals surface area contributed by atoms with Crippen molar-refractivity contribution in [3.05, 3.63) is 70.8 Å². The Morgan fingerprint density at radius 1 is 1.17 bits per heavy atom. The molecule has 0 radical (unpaired) electrons. The van der Waals surface area contributed by atoms with Crippen molar-refractivity contribution in [1.82, 2.24) is 15.5 Å². The summed E-state index contributed by atoms with van der Waals surface area (Å²) < 4.78 is 32.7. The number of benzene rings is 2. The minimum Gasteiger partial charge on any atom is -0.352 e. The van der Waals surface area contributed by atoms with Crippen LogP contribution in [0.2, 0.25) is 5.02 Å². The van der Waals surface area contributed by atoms with Crippen LogP contribution in [0.4, 0.5) is 5.69 Å². The largest absolute Gasteiger partial charge is 0.352 e. The van der Waals surface area contributed by atoms with Gasteiger partial charge >= 0.3 is 0 Å². The maximum Gasteiger partial charge on any atom is 0.261 e. The molecule has 0 aliphatic rings. The number of aromatic nitrogens is 2. The average molecular weight is 435 g/mol. The lowest BCUT2D eigenvalue weighted by atomic mass is 10.2. The van der Waals surface area contributed by atoms with Crippen molar-refractivity contribution in [2.24, 2.45) is 0 Å². The lowest BCUT2D eigenvalue weighted by Crippen LogP contribution is -2.25. The Labute approximate surface area is 173 Å². The van der Waals surface area contributed by atoms with Gasteiger partial charge in [0.05, 0.1) is 15.6 Å². The molecule has 1 aromatic heterocycles. The summed E-state index contributed by atoms with van der Waals surface area (Å²) in [4.78, 5) is 16.4. The summed E-state index contributed by atoms with van der Waals surface area (Å²) in [6.07, 6.45) is 1.15. The lowest BCUT2D eigenvalue weighted by Gasteiger charge is -2.11. The fraction of sp³-hybridized carbons (Fsp3) is 0.211. The number of hydrogen-bond acceptors (Lipinski definition) is 6. The van der Waals surface area contributed by atoms with Gasteiger partial charge in [-0.1, -0.05) is 35.0 Å². The van der Waals surface area contributed by atoms with Crippen molar-refractivity contribution in [3.8, 4) is 0 Å². The molecule has 0 bridgehead atoms. The summed E-state index contributed by atoms with van der Waals surface area (Å²) in [5.41, 5.74) is 0.501. The van der Waals surface area contributed by atoms with Gasteiger partial charge in [-0.05, 0) is 43.7 Å². The standard InChI is InChI=1S/C19H19ClN4O4S/c1-13-22-18(28-23-13)10-5-11-21-19(25)14-6-4-7-15(12-14)29(26,27)24-17-9-3-2-8-16(17)20/h2-4,6-9,12,24H,5,10-11H2,1H3,(H,21,25). The van der Waals surface area contributed by atoms with Gasteiger partial charge in [0.1, 0.15) is 0 Å². The molecular weight excluding hydrogens is 416 g/mol. The molecule has 0 atom stereocenters. The van der Waals surface area contributed by atoms with Crippen molar-refractivity contribution in [1.29, 1.82) is 0 Å². The monoisotopic (exact) mass is 434 g/mol. The highest BCUT2D eigenvalue weighted by molar-refractivity contribution is 7.92. The molecule has 2 aromatic carbocycles. The molecule has 0 saturated heterocycles. The van der Waals surface area contributed by atoms with E-state index in [9.17, 15) is 13.2 Å². The number of rotatable bonds is 8. The van der Waals surface area contributed by atoms with Gasteiger partial charge in [0.2, 0.25) is 5.89 Å². The van der Waals surface area contributed by atoms with Crippen molar-refractivity contribution in [2.75, 3.05) is 11.3 Å². The number of nitrogens with one attached hydrogen (secondary N) is 2. The molecule has 8 nitrogen and oxygen atoms in total. The zero-order chi connectivity index (χ0) is 20.9. The SMILES string of the molecule is Cc1noc(CCCNC(=O)c2cccc(S(=O)(=O)Nc3ccccc3Cl)c2)n1. The van der Waals surface area contributed by atoms with Gasteiger partial charge < -0.3 is 9.84 Å². The van der Waals surface area contributed by atoms with Crippen LogP contribution < -0.4 is 10.0 Å². The van der Waals surface area contributed by atoms with Crippen LogP contribution in [0.25, 0.3) is 0 Å². The van der Waals surface area contributed by atoms with E-state index in [-0.39, 0.29) is 27.1 Å². The van der Waals surface area contributed by atoms with E-state index in [4.69, 9.17) is 16.1 Å². The number of nitrogens with zero attached hydrogens (tertiary/aromatic N) is 2. The topological polar surface area (TPSA) is 114 Å². The van der Waals surface area contributed by atoms with Crippen molar-refractivity contribution < 1.29 is 17.7 Å². The van der Waals surface area contributed by atoms with Gasteiger partial charge in [0.25, 0.3) is 15.9 Å². The Morgan fingerprint density at radius 2 is 1.97 bits per heavy atom. The third-order valence-electron chi connectivity index (χ3n) is 3.95. The van der Waals surface area contributed by atoms with E-state index >= 15 is 0 Å². The molecule has 0 spiro atoms. The summed E-state index contributed by atoms with van der Waals surface area (Å²) in [7, 11) is -3.89. The van der Waals surface area contributed by atoms with E-state index in [1.807, 2.05) is 0 Å². The minimum atomic E-state index is -3.89. The van der Waals surface area contributed by atoms with Gasteiger partial charge in [-0.25, -0.2) is 8.42 Å². The van der Waals surface area contributed by atoms with E-state index in [1.165, 1.54) is 18.2 Å². The summed E-state index contributed by atoms with van der Waals surface area (Å²) in [6.45, 7) is 2.12. The summed E-state index contributed by atoms with van der Waals surface area (Å²) in [5.74, 6) is 0.699. The molecular formula is C19H19ClN4O4S. The second kappa shape index (κ2) is 9.06. The van der Waals surface area contributed by atoms with Crippen LogP contribution in [0, 0.1) is 6.92 Å². The second-order valence-corrected chi connectivity index (χ2v) is 8.30. The smallest absolute Gasteiger partial charge is 0.261 e. The van der Waals surface area contributed by atoms with Gasteiger partial charge in [-0.2, -0.15) is 4.98 Å². The molecule has 3 aromatic rings. The number of para-hydroxylation sites is 1. The van der Waals surface area contributed by atoms with Crippen LogP contribution in [0.5, 0.6) is 0 Å². The molecule has 0 unspecified atom stereocenters. The predicted octanol–water partition coefficient (Wildman–Crippen LogP) is 3.19. The lowest BCUT2D eigenvalue weighted by molar-refractivity contribution is 0.0952. The summed E-state index contributed by atoms with van der Waals surface area (Å²) >= 11 is 6.01. The highest BCUT2D eigenvalue weighted by atomic mass is 35.5. The van der Waals surface area contributed by atoms with Crippen LogP contribution in [0.3, 0.4) is 0 Å². The van der Waals surface area contributed by atoms with Crippen molar-refractivity contribution in [3.63, 3.8) is 0 Å². The molecule has 0 fully saturated rings. The molecule has 0 saturated carbocycles. The number of carbonyl (C=O) groups excluding carboxylic acids is 1. The number of sulfonamides is 1. The van der Waals surface area contributed by atoms with Crippen LogP contribution in [-0.2, 0) is 16.4 Å². The Kier molecular flexibility index (Phi) is 6.50. The number of aryl methyl sites for hydroxylation is 2. The minimum absolute atomic E-state index is 0.0357. The average Bonchev–Trinajstić information content (AvgIpc) is 3.12. The first kappa shape index (κ1) is 20.8. The molecule has 0 aliphatic carbocycles. The van der Waals surface area contributed by atoms with Gasteiger partial charge in [0.15, 0.2) is 5.82 Å². The van der Waals surface area contributed by atoms with Crippen molar-refractivity contribution in [2.45, 2.75) is 24.7 Å². The molecule has 1 heterocycles. The zero-order valence-corrected chi connectivity index (χ0v) is 17.1. The predicted molar refractivity (Wildman–Crippen MR) is 108 cm³/mol. The highest BCUT2D eigenvalue weighted by Gasteiger charge is 2.17. The van der Waals surface area contributed by atoms with Gasteiger partial charge in [0, 0.05) is 18.5 Å².